The molecule has 6 heteroatoms. The lowest BCUT2D eigenvalue weighted by molar-refractivity contribution is 0.0870. The minimum Gasteiger partial charge on any atom is -0.458 e. The van der Waals surface area contributed by atoms with Crippen molar-refractivity contribution in [2.24, 2.45) is 0 Å². The van der Waals surface area contributed by atoms with Crippen molar-refractivity contribution in [1.29, 1.82) is 0 Å². The van der Waals surface area contributed by atoms with Gasteiger partial charge in [0.05, 0.1) is 17.3 Å². The fourth-order valence-corrected chi connectivity index (χ4v) is 2.56. The van der Waals surface area contributed by atoms with Gasteiger partial charge in [-0.15, -0.1) is 0 Å². The standard InChI is InChI=1S/C18H17ClN2O3/c1-23-17(16-10-12-6-2-5-9-15(12)24-16)11-20-18(22)21-14-8-4-3-7-13(14)19/h2-10,17H,11H2,1H3,(H2,20,21,22)/t17-/m0/s1. The molecule has 0 unspecified atom stereocenters. The number of amides is 2. The topological polar surface area (TPSA) is 63.5 Å². The SMILES string of the molecule is CO[C@@H](CNC(=O)Nc1ccccc1Cl)c1cc2ccccc2o1. The van der Waals surface area contributed by atoms with Gasteiger partial charge >= 0.3 is 6.03 Å². The number of nitrogens with one attached hydrogen (secondary N) is 2. The molecule has 0 aliphatic rings. The van der Waals surface area contributed by atoms with Crippen LogP contribution in [0.1, 0.15) is 11.9 Å². The summed E-state index contributed by atoms with van der Waals surface area (Å²) in [5.41, 5.74) is 1.34. The molecule has 3 aromatic rings. The number of ether oxygens (including phenoxy) is 1. The van der Waals surface area contributed by atoms with Gasteiger partial charge in [-0.3, -0.25) is 0 Å². The lowest BCUT2D eigenvalue weighted by atomic mass is 10.2. The van der Waals surface area contributed by atoms with E-state index < -0.39 is 0 Å². The Balaban J connectivity index is 1.63. The molecule has 1 atom stereocenters. The first kappa shape index (κ1) is 16.4. The van der Waals surface area contributed by atoms with Crippen LogP contribution in [0.4, 0.5) is 10.5 Å². The first-order valence-corrected chi connectivity index (χ1v) is 7.86. The van der Waals surface area contributed by atoms with E-state index in [2.05, 4.69) is 10.6 Å². The highest BCUT2D eigenvalue weighted by Gasteiger charge is 2.17. The van der Waals surface area contributed by atoms with Crippen LogP contribution in [0.5, 0.6) is 0 Å². The van der Waals surface area contributed by atoms with Gasteiger partial charge in [-0.05, 0) is 24.3 Å². The van der Waals surface area contributed by atoms with Crippen LogP contribution >= 0.6 is 11.6 Å². The van der Waals surface area contributed by atoms with Gasteiger partial charge < -0.3 is 19.8 Å². The third kappa shape index (κ3) is 3.69. The van der Waals surface area contributed by atoms with Gasteiger partial charge in [-0.1, -0.05) is 41.9 Å². The monoisotopic (exact) mass is 344 g/mol. The van der Waals surface area contributed by atoms with Crippen LogP contribution < -0.4 is 10.6 Å². The number of anilines is 1. The average Bonchev–Trinajstić information content (AvgIpc) is 3.01. The van der Waals surface area contributed by atoms with Crippen LogP contribution in [-0.2, 0) is 4.74 Å². The maximum Gasteiger partial charge on any atom is 0.319 e. The average molecular weight is 345 g/mol. The molecule has 2 N–H and O–H groups in total. The van der Waals surface area contributed by atoms with Gasteiger partial charge in [-0.2, -0.15) is 0 Å². The molecule has 1 aromatic heterocycles. The zero-order chi connectivity index (χ0) is 16.9. The molecule has 0 saturated heterocycles. The normalized spacial score (nSPS) is 12.1. The summed E-state index contributed by atoms with van der Waals surface area (Å²) in [6, 6.07) is 16.3. The van der Waals surface area contributed by atoms with Crippen LogP contribution in [0, 0.1) is 0 Å². The van der Waals surface area contributed by atoms with E-state index in [4.69, 9.17) is 20.8 Å². The van der Waals surface area contributed by atoms with E-state index in [1.165, 1.54) is 0 Å². The maximum atomic E-state index is 12.0. The predicted octanol–water partition coefficient (Wildman–Crippen LogP) is 4.60. The van der Waals surface area contributed by atoms with E-state index in [-0.39, 0.29) is 18.7 Å². The second kappa shape index (κ2) is 7.38. The zero-order valence-corrected chi connectivity index (χ0v) is 13.8. The number of hydrogen-bond donors (Lipinski definition) is 2. The minimum absolute atomic E-state index is 0.270. The maximum absolute atomic E-state index is 12.0. The highest BCUT2D eigenvalue weighted by Crippen LogP contribution is 2.25. The van der Waals surface area contributed by atoms with Crippen molar-refractivity contribution in [3.63, 3.8) is 0 Å². The number of carbonyl (C=O) groups excluding carboxylic acids is 1. The van der Waals surface area contributed by atoms with Gasteiger partial charge in [0.25, 0.3) is 0 Å². The Morgan fingerprint density at radius 2 is 1.96 bits per heavy atom. The van der Waals surface area contributed by atoms with E-state index in [0.29, 0.717) is 16.5 Å². The molecule has 124 valence electrons. The summed E-state index contributed by atoms with van der Waals surface area (Å²) in [5.74, 6) is 0.664. The van der Waals surface area contributed by atoms with Crippen molar-refractivity contribution in [3.8, 4) is 0 Å². The molecule has 0 aliphatic heterocycles. The summed E-state index contributed by atoms with van der Waals surface area (Å²) in [6.45, 7) is 0.270. The minimum atomic E-state index is -0.380. The number of benzene rings is 2. The summed E-state index contributed by atoms with van der Waals surface area (Å²) in [7, 11) is 1.57. The molecule has 0 radical (unpaired) electrons. The molecular formula is C18H17ClN2O3. The van der Waals surface area contributed by atoms with Crippen molar-refractivity contribution in [1.82, 2.24) is 5.32 Å². The largest absolute Gasteiger partial charge is 0.458 e. The Bertz CT molecular complexity index is 814. The Labute approximate surface area is 144 Å². The molecule has 2 amide bonds. The van der Waals surface area contributed by atoms with E-state index in [1.54, 1.807) is 31.4 Å². The second-order valence-corrected chi connectivity index (χ2v) is 5.63. The Hall–Kier alpha value is -2.50. The fraction of sp³-hybridized carbons (Fsp3) is 0.167. The number of para-hydroxylation sites is 2. The third-order valence-corrected chi connectivity index (χ3v) is 3.95. The molecule has 0 aliphatic carbocycles. The molecule has 0 bridgehead atoms. The van der Waals surface area contributed by atoms with Crippen LogP contribution in [0.3, 0.4) is 0 Å². The number of halogens is 1. The molecule has 2 aromatic carbocycles. The van der Waals surface area contributed by atoms with E-state index >= 15 is 0 Å². The van der Waals surface area contributed by atoms with Gasteiger partial charge in [-0.25, -0.2) is 4.79 Å². The van der Waals surface area contributed by atoms with Crippen LogP contribution in [0.15, 0.2) is 59.0 Å². The number of methoxy groups -OCH3 is 1. The second-order valence-electron chi connectivity index (χ2n) is 5.23. The summed E-state index contributed by atoms with van der Waals surface area (Å²) < 4.78 is 11.2. The van der Waals surface area contributed by atoms with Gasteiger partial charge in [0.2, 0.25) is 0 Å². The van der Waals surface area contributed by atoms with Crippen molar-refractivity contribution >= 4 is 34.3 Å². The molecule has 0 fully saturated rings. The Kier molecular flexibility index (Phi) is 5.03. The van der Waals surface area contributed by atoms with E-state index in [9.17, 15) is 4.79 Å². The molecule has 24 heavy (non-hydrogen) atoms. The van der Waals surface area contributed by atoms with Crippen LogP contribution in [0.25, 0.3) is 11.0 Å². The highest BCUT2D eigenvalue weighted by atomic mass is 35.5. The fourth-order valence-electron chi connectivity index (χ4n) is 2.38. The molecular weight excluding hydrogens is 328 g/mol. The molecule has 0 spiro atoms. The number of rotatable bonds is 5. The number of urea groups is 1. The molecule has 1 heterocycles. The lowest BCUT2D eigenvalue weighted by Crippen LogP contribution is -2.32. The third-order valence-electron chi connectivity index (χ3n) is 3.62. The highest BCUT2D eigenvalue weighted by molar-refractivity contribution is 6.33. The summed E-state index contributed by atoms with van der Waals surface area (Å²) >= 11 is 6.02. The number of hydrogen-bond acceptors (Lipinski definition) is 3. The van der Waals surface area contributed by atoms with E-state index in [0.717, 1.165) is 11.0 Å². The van der Waals surface area contributed by atoms with Gasteiger partial charge in [0.15, 0.2) is 0 Å². The summed E-state index contributed by atoms with van der Waals surface area (Å²) in [5, 5.41) is 6.93. The van der Waals surface area contributed by atoms with Crippen molar-refractivity contribution in [2.45, 2.75) is 6.10 Å². The van der Waals surface area contributed by atoms with Crippen molar-refractivity contribution in [2.75, 3.05) is 19.0 Å². The Morgan fingerprint density at radius 3 is 2.71 bits per heavy atom. The first-order chi connectivity index (χ1) is 11.7. The van der Waals surface area contributed by atoms with Crippen LogP contribution in [0.2, 0.25) is 5.02 Å². The lowest BCUT2D eigenvalue weighted by Gasteiger charge is -2.14. The number of fused-ring (bicyclic) bond motifs is 1. The predicted molar refractivity (Wildman–Crippen MR) is 94.4 cm³/mol. The first-order valence-electron chi connectivity index (χ1n) is 7.48. The van der Waals surface area contributed by atoms with Crippen molar-refractivity contribution in [3.05, 3.63) is 65.4 Å². The Morgan fingerprint density at radius 1 is 1.21 bits per heavy atom. The smallest absolute Gasteiger partial charge is 0.319 e. The van der Waals surface area contributed by atoms with E-state index in [1.807, 2.05) is 30.3 Å². The quantitative estimate of drug-likeness (QED) is 0.711. The molecule has 0 saturated carbocycles. The summed E-state index contributed by atoms with van der Waals surface area (Å²) in [4.78, 5) is 12.0. The summed E-state index contributed by atoms with van der Waals surface area (Å²) in [6.07, 6.45) is -0.380. The van der Waals surface area contributed by atoms with Crippen molar-refractivity contribution < 1.29 is 13.9 Å². The number of carbonyl (C=O) groups is 1. The number of furan rings is 1. The molecule has 5 nitrogen and oxygen atoms in total. The molecule has 3 rings (SSSR count). The van der Waals surface area contributed by atoms with Gasteiger partial charge in [0.1, 0.15) is 17.4 Å². The van der Waals surface area contributed by atoms with Crippen LogP contribution in [-0.4, -0.2) is 19.7 Å². The zero-order valence-electron chi connectivity index (χ0n) is 13.1. The van der Waals surface area contributed by atoms with Gasteiger partial charge in [0, 0.05) is 12.5 Å².